The van der Waals surface area contributed by atoms with Crippen molar-refractivity contribution in [2.24, 2.45) is 0 Å². The van der Waals surface area contributed by atoms with Crippen molar-refractivity contribution in [1.29, 1.82) is 0 Å². The van der Waals surface area contributed by atoms with E-state index in [0.29, 0.717) is 59.5 Å². The number of oxazole rings is 1. The smallest absolute Gasteiger partial charge is 0.431 e. The first-order valence-corrected chi connectivity index (χ1v) is 11.9. The third-order valence-electron chi connectivity index (χ3n) is 5.13. The molecule has 4 nitrogen and oxygen atoms in total. The summed E-state index contributed by atoms with van der Waals surface area (Å²) in [6, 6.07) is 4.96. The van der Waals surface area contributed by atoms with Crippen LogP contribution in [0.5, 0.6) is 0 Å². The van der Waals surface area contributed by atoms with Crippen LogP contribution in [0.15, 0.2) is 52.9 Å². The van der Waals surface area contributed by atoms with E-state index >= 15 is 0 Å². The van der Waals surface area contributed by atoms with E-state index in [1.54, 1.807) is 36.2 Å². The van der Waals surface area contributed by atoms with Crippen molar-refractivity contribution >= 4 is 29.1 Å². The van der Waals surface area contributed by atoms with Crippen LogP contribution in [-0.2, 0) is 18.6 Å². The van der Waals surface area contributed by atoms with Gasteiger partial charge in [-0.05, 0) is 36.6 Å². The number of benzene rings is 1. The van der Waals surface area contributed by atoms with Gasteiger partial charge >= 0.3 is 6.18 Å². The molecule has 0 saturated heterocycles. The number of aromatic nitrogens is 1. The van der Waals surface area contributed by atoms with Crippen molar-refractivity contribution in [3.8, 4) is 0 Å². The molecule has 1 atom stereocenters. The van der Waals surface area contributed by atoms with Crippen molar-refractivity contribution in [2.75, 3.05) is 11.5 Å². The van der Waals surface area contributed by atoms with Crippen LogP contribution in [0.4, 0.5) is 18.9 Å². The van der Waals surface area contributed by atoms with Gasteiger partial charge in [0.2, 0.25) is 0 Å². The second-order valence-electron chi connectivity index (χ2n) is 7.50. The predicted octanol–water partition coefficient (Wildman–Crippen LogP) is 6.68. The van der Waals surface area contributed by atoms with Gasteiger partial charge in [-0.25, -0.2) is 4.98 Å². The zero-order valence-electron chi connectivity index (χ0n) is 17.8. The fourth-order valence-corrected chi connectivity index (χ4v) is 5.03. The molecular weight excluding hydrogens is 461 g/mol. The van der Waals surface area contributed by atoms with Gasteiger partial charge in [0.25, 0.3) is 0 Å². The van der Waals surface area contributed by atoms with Gasteiger partial charge in [-0.1, -0.05) is 37.6 Å². The van der Waals surface area contributed by atoms with E-state index in [2.05, 4.69) is 11.6 Å². The molecule has 1 N–H and O–H groups in total. The Bertz CT molecular complexity index is 974. The maximum absolute atomic E-state index is 13.8. The van der Waals surface area contributed by atoms with Crippen LogP contribution in [0.1, 0.15) is 43.4 Å². The minimum absolute atomic E-state index is 0.0354. The van der Waals surface area contributed by atoms with Crippen molar-refractivity contribution < 1.29 is 22.7 Å². The molecule has 1 aromatic heterocycles. The number of hydrogen-bond acceptors (Lipinski definition) is 5. The first kappa shape index (κ1) is 24.7. The van der Waals surface area contributed by atoms with E-state index in [9.17, 15) is 13.2 Å². The molecule has 32 heavy (non-hydrogen) atoms. The number of halogens is 4. The molecule has 0 amide bonds. The van der Waals surface area contributed by atoms with Crippen molar-refractivity contribution in [3.05, 3.63) is 70.7 Å². The highest BCUT2D eigenvalue weighted by atomic mass is 35.5. The zero-order chi connectivity index (χ0) is 23.3. The quantitative estimate of drug-likeness (QED) is 0.451. The Morgan fingerprint density at radius 1 is 1.41 bits per heavy atom. The van der Waals surface area contributed by atoms with Crippen LogP contribution in [0.2, 0.25) is 5.02 Å². The first-order valence-electron chi connectivity index (χ1n) is 10.4. The van der Waals surface area contributed by atoms with E-state index in [1.807, 2.05) is 13.0 Å². The number of rotatable bonds is 8. The Hall–Kier alpha value is -1.90. The van der Waals surface area contributed by atoms with Crippen LogP contribution >= 0.6 is 23.4 Å². The molecule has 2 heterocycles. The minimum atomic E-state index is -4.58. The Balaban J connectivity index is 1.97. The number of allylic oxidation sites excluding steroid dienone is 2. The van der Waals surface area contributed by atoms with Gasteiger partial charge < -0.3 is 14.4 Å². The minimum Gasteiger partial charge on any atom is -0.446 e. The maximum Gasteiger partial charge on any atom is 0.431 e. The summed E-state index contributed by atoms with van der Waals surface area (Å²) in [4.78, 5) is 5.49. The number of alkyl halides is 3. The third kappa shape index (κ3) is 5.91. The molecule has 0 unspecified atom stereocenters. The predicted molar refractivity (Wildman–Crippen MR) is 123 cm³/mol. The normalized spacial score (nSPS) is 18.0. The number of hydrogen-bond donors (Lipinski definition) is 1. The number of thioether (sulfide) groups is 1. The number of nitrogens with zero attached hydrogens (tertiary/aromatic N) is 2. The number of anilines is 1. The molecule has 0 bridgehead atoms. The molecular formula is C23H26ClF3N2O2S. The van der Waals surface area contributed by atoms with Crippen molar-refractivity contribution in [3.63, 3.8) is 0 Å². The van der Waals surface area contributed by atoms with Gasteiger partial charge in [0.15, 0.2) is 5.89 Å². The number of unbranched alkanes of at least 4 members (excludes halogenated alkanes) is 1. The molecule has 1 aliphatic rings. The summed E-state index contributed by atoms with van der Waals surface area (Å²) in [7, 11) is 0. The second-order valence-corrected chi connectivity index (χ2v) is 9.13. The largest absolute Gasteiger partial charge is 0.446 e. The Kier molecular flexibility index (Phi) is 8.36. The van der Waals surface area contributed by atoms with Gasteiger partial charge in [0.1, 0.15) is 11.5 Å². The zero-order valence-corrected chi connectivity index (χ0v) is 19.4. The van der Waals surface area contributed by atoms with E-state index in [1.165, 1.54) is 4.90 Å². The highest BCUT2D eigenvalue weighted by Crippen LogP contribution is 2.45. The molecule has 1 aliphatic heterocycles. The van der Waals surface area contributed by atoms with Crippen LogP contribution in [0.25, 0.3) is 0 Å². The summed E-state index contributed by atoms with van der Waals surface area (Å²) < 4.78 is 47.2. The summed E-state index contributed by atoms with van der Waals surface area (Å²) in [5.41, 5.74) is 0.842. The molecule has 3 rings (SSSR count). The van der Waals surface area contributed by atoms with Gasteiger partial charge in [-0.15, -0.1) is 11.8 Å². The van der Waals surface area contributed by atoms with Crippen LogP contribution < -0.4 is 4.90 Å². The Labute approximate surface area is 195 Å². The first-order chi connectivity index (χ1) is 15.2. The van der Waals surface area contributed by atoms with Gasteiger partial charge in [-0.3, -0.25) is 0 Å². The lowest BCUT2D eigenvalue weighted by atomic mass is 10.1. The molecule has 9 heteroatoms. The number of fused-ring (bicyclic) bond motifs is 1. The maximum atomic E-state index is 13.8. The molecule has 0 fully saturated rings. The van der Waals surface area contributed by atoms with E-state index in [0.717, 1.165) is 12.0 Å². The van der Waals surface area contributed by atoms with Gasteiger partial charge in [0.05, 0.1) is 12.8 Å². The van der Waals surface area contributed by atoms with Crippen LogP contribution in [0.3, 0.4) is 0 Å². The second kappa shape index (κ2) is 10.8. The Morgan fingerprint density at radius 2 is 2.19 bits per heavy atom. The average Bonchev–Trinajstić information content (AvgIpc) is 3.12. The molecule has 0 aliphatic carbocycles. The summed E-state index contributed by atoms with van der Waals surface area (Å²) >= 11 is 7.72. The topological polar surface area (TPSA) is 49.5 Å². The molecule has 0 radical (unpaired) electrons. The van der Waals surface area contributed by atoms with E-state index < -0.39 is 11.9 Å². The lowest BCUT2D eigenvalue weighted by Gasteiger charge is -2.33. The molecule has 0 saturated carbocycles. The molecule has 1 aromatic carbocycles. The molecule has 174 valence electrons. The number of aliphatic hydroxyl groups excluding tert-OH is 1. The number of aryl methyl sites for hydroxylation is 1. The van der Waals surface area contributed by atoms with Gasteiger partial charge in [0, 0.05) is 40.3 Å². The standard InChI is InChI=1S/C23H26ClF3N2O2S/c1-3-4-5-20-21(8-9-22-28-13-18(31-22)10-11-30)32-14-16-12-17(24)6-7-19(16)29(20)15(2)23(25,26)27/h5-7,12-13,21,30H,2-4,8-11,14H2,1H3/b20-5-/t21-/m0/s1. The lowest BCUT2D eigenvalue weighted by molar-refractivity contribution is -0.0924. The number of aliphatic hydroxyl groups is 1. The summed E-state index contributed by atoms with van der Waals surface area (Å²) in [5.74, 6) is 1.62. The monoisotopic (exact) mass is 486 g/mol. The van der Waals surface area contributed by atoms with Crippen LogP contribution in [0, 0.1) is 0 Å². The summed E-state index contributed by atoms with van der Waals surface area (Å²) in [5, 5.41) is 9.31. The highest BCUT2D eigenvalue weighted by molar-refractivity contribution is 7.99. The fourth-order valence-electron chi connectivity index (χ4n) is 3.56. The highest BCUT2D eigenvalue weighted by Gasteiger charge is 2.41. The average molecular weight is 487 g/mol. The van der Waals surface area contributed by atoms with Crippen LogP contribution in [-0.4, -0.2) is 28.1 Å². The van der Waals surface area contributed by atoms with Gasteiger partial charge in [-0.2, -0.15) is 13.2 Å². The molecule has 0 spiro atoms. The van der Waals surface area contributed by atoms with Crippen molar-refractivity contribution in [2.45, 2.75) is 56.2 Å². The lowest BCUT2D eigenvalue weighted by Crippen LogP contribution is -2.34. The van der Waals surface area contributed by atoms with E-state index in [-0.39, 0.29) is 11.9 Å². The summed E-state index contributed by atoms with van der Waals surface area (Å²) in [6.45, 7) is 5.36. The van der Waals surface area contributed by atoms with Crippen molar-refractivity contribution in [1.82, 2.24) is 4.98 Å². The molecule has 2 aromatic rings. The fraction of sp³-hybridized carbons (Fsp3) is 0.435. The third-order valence-corrected chi connectivity index (χ3v) is 6.72. The summed E-state index contributed by atoms with van der Waals surface area (Å²) in [6.07, 6.45) is 1.73. The Morgan fingerprint density at radius 3 is 2.88 bits per heavy atom. The SMILES string of the molecule is C=C(N1/C(=C\CCC)[C@H](CCc2ncc(CCO)o2)SCc2cc(Cl)ccc21)C(F)(F)F. The van der Waals surface area contributed by atoms with E-state index in [4.69, 9.17) is 21.1 Å².